The van der Waals surface area contributed by atoms with E-state index in [0.29, 0.717) is 19.6 Å². The molecule has 7 heteroatoms. The standard InChI is InChI=1S/C13H25O6P/c1-5-18-20(16,19-6-2)10-9-11(3)12(14)7-8-13(15)17-4/h11H,5-10H2,1-4H3. The first kappa shape index (κ1) is 19.3. The highest BCUT2D eigenvalue weighted by atomic mass is 31.2. The summed E-state index contributed by atoms with van der Waals surface area (Å²) in [6.45, 7) is 5.86. The Bertz CT molecular complexity index is 345. The summed E-state index contributed by atoms with van der Waals surface area (Å²) in [4.78, 5) is 22.8. The minimum atomic E-state index is -3.10. The van der Waals surface area contributed by atoms with Gasteiger partial charge in [0, 0.05) is 12.3 Å². The zero-order valence-electron chi connectivity index (χ0n) is 12.7. The van der Waals surface area contributed by atoms with Gasteiger partial charge < -0.3 is 13.8 Å². The average Bonchev–Trinajstić information content (AvgIpc) is 2.42. The van der Waals surface area contributed by atoms with E-state index in [1.54, 1.807) is 20.8 Å². The van der Waals surface area contributed by atoms with Crippen LogP contribution in [0.1, 0.15) is 40.0 Å². The van der Waals surface area contributed by atoms with Crippen molar-refractivity contribution in [2.75, 3.05) is 26.5 Å². The molecule has 0 aliphatic rings. The van der Waals surface area contributed by atoms with Crippen molar-refractivity contribution < 1.29 is 27.9 Å². The molecule has 1 atom stereocenters. The number of hydrogen-bond donors (Lipinski definition) is 0. The lowest BCUT2D eigenvalue weighted by molar-refractivity contribution is -0.142. The maximum absolute atomic E-state index is 12.2. The van der Waals surface area contributed by atoms with Crippen molar-refractivity contribution in [3.63, 3.8) is 0 Å². The van der Waals surface area contributed by atoms with Gasteiger partial charge in [0.05, 0.1) is 32.9 Å². The van der Waals surface area contributed by atoms with Crippen LogP contribution >= 0.6 is 7.60 Å². The Labute approximate surface area is 120 Å². The Morgan fingerprint density at radius 3 is 2.10 bits per heavy atom. The SMILES string of the molecule is CCOP(=O)(CCC(C)C(=O)CCC(=O)OC)OCC. The molecular weight excluding hydrogens is 283 g/mol. The van der Waals surface area contributed by atoms with Crippen molar-refractivity contribution in [3.05, 3.63) is 0 Å². The highest BCUT2D eigenvalue weighted by Gasteiger charge is 2.26. The van der Waals surface area contributed by atoms with Gasteiger partial charge in [0.15, 0.2) is 0 Å². The third-order valence-electron chi connectivity index (χ3n) is 2.84. The molecule has 1 unspecified atom stereocenters. The van der Waals surface area contributed by atoms with Crippen LogP contribution in [0.4, 0.5) is 0 Å². The van der Waals surface area contributed by atoms with Crippen LogP contribution in [0.15, 0.2) is 0 Å². The number of carbonyl (C=O) groups is 2. The minimum Gasteiger partial charge on any atom is -0.469 e. The number of rotatable bonds is 11. The summed E-state index contributed by atoms with van der Waals surface area (Å²) in [6.07, 6.45) is 0.840. The fraction of sp³-hybridized carbons (Fsp3) is 0.846. The molecule has 0 amide bonds. The molecule has 6 nitrogen and oxygen atoms in total. The smallest absolute Gasteiger partial charge is 0.330 e. The number of ketones is 1. The summed E-state index contributed by atoms with van der Waals surface area (Å²) in [5, 5.41) is 0. The third-order valence-corrected chi connectivity index (χ3v) is 4.95. The van der Waals surface area contributed by atoms with Gasteiger partial charge in [-0.05, 0) is 20.3 Å². The maximum atomic E-state index is 12.2. The van der Waals surface area contributed by atoms with Crippen LogP contribution < -0.4 is 0 Å². The predicted molar refractivity (Wildman–Crippen MR) is 75.8 cm³/mol. The largest absolute Gasteiger partial charge is 0.469 e. The molecule has 0 saturated carbocycles. The molecule has 0 aliphatic carbocycles. The second kappa shape index (κ2) is 10.1. The van der Waals surface area contributed by atoms with Crippen molar-refractivity contribution in [1.82, 2.24) is 0 Å². The van der Waals surface area contributed by atoms with Crippen LogP contribution in [0.2, 0.25) is 0 Å². The van der Waals surface area contributed by atoms with Gasteiger partial charge in [-0.3, -0.25) is 14.2 Å². The van der Waals surface area contributed by atoms with E-state index in [-0.39, 0.29) is 30.7 Å². The monoisotopic (exact) mass is 308 g/mol. The summed E-state index contributed by atoms with van der Waals surface area (Å²) in [5.41, 5.74) is 0. The van der Waals surface area contributed by atoms with Crippen LogP contribution in [-0.2, 0) is 27.9 Å². The summed E-state index contributed by atoms with van der Waals surface area (Å²) < 4.78 is 27.0. The maximum Gasteiger partial charge on any atom is 0.330 e. The van der Waals surface area contributed by atoms with Crippen molar-refractivity contribution in [2.45, 2.75) is 40.0 Å². The van der Waals surface area contributed by atoms with E-state index in [0.717, 1.165) is 0 Å². The zero-order chi connectivity index (χ0) is 15.6. The molecule has 20 heavy (non-hydrogen) atoms. The minimum absolute atomic E-state index is 0.0463. The number of carbonyl (C=O) groups excluding carboxylic acids is 2. The molecule has 0 N–H and O–H groups in total. The van der Waals surface area contributed by atoms with Gasteiger partial charge in [0.2, 0.25) is 0 Å². The fourth-order valence-corrected chi connectivity index (χ4v) is 3.47. The van der Waals surface area contributed by atoms with Gasteiger partial charge in [-0.1, -0.05) is 6.92 Å². The number of ether oxygens (including phenoxy) is 1. The molecule has 0 heterocycles. The van der Waals surface area contributed by atoms with E-state index in [9.17, 15) is 14.2 Å². The van der Waals surface area contributed by atoms with Gasteiger partial charge >= 0.3 is 13.6 Å². The molecule has 118 valence electrons. The second-order valence-corrected chi connectivity index (χ2v) is 6.59. The van der Waals surface area contributed by atoms with Gasteiger partial charge in [-0.2, -0.15) is 0 Å². The first-order valence-corrected chi connectivity index (χ1v) is 8.59. The van der Waals surface area contributed by atoms with Gasteiger partial charge in [-0.15, -0.1) is 0 Å². The van der Waals surface area contributed by atoms with Crippen LogP contribution in [-0.4, -0.2) is 38.2 Å². The van der Waals surface area contributed by atoms with E-state index in [1.165, 1.54) is 7.11 Å². The Balaban J connectivity index is 4.24. The first-order chi connectivity index (χ1) is 9.38. The molecule has 0 aromatic heterocycles. The lowest BCUT2D eigenvalue weighted by Gasteiger charge is -2.18. The predicted octanol–water partition coefficient (Wildman–Crippen LogP) is 2.80. The lowest BCUT2D eigenvalue weighted by Crippen LogP contribution is -2.15. The molecule has 0 spiro atoms. The number of hydrogen-bond acceptors (Lipinski definition) is 6. The first-order valence-electron chi connectivity index (χ1n) is 6.86. The molecule has 0 radical (unpaired) electrons. The Morgan fingerprint density at radius 1 is 1.10 bits per heavy atom. The third kappa shape index (κ3) is 7.78. The Kier molecular flexibility index (Phi) is 9.72. The zero-order valence-corrected chi connectivity index (χ0v) is 13.6. The van der Waals surface area contributed by atoms with Crippen molar-refractivity contribution in [3.8, 4) is 0 Å². The molecule has 0 aromatic carbocycles. The van der Waals surface area contributed by atoms with Crippen molar-refractivity contribution in [1.29, 1.82) is 0 Å². The quantitative estimate of drug-likeness (QED) is 0.431. The van der Waals surface area contributed by atoms with Crippen molar-refractivity contribution in [2.24, 2.45) is 5.92 Å². The highest BCUT2D eigenvalue weighted by Crippen LogP contribution is 2.49. The number of methoxy groups -OCH3 is 1. The fourth-order valence-electron chi connectivity index (χ4n) is 1.65. The van der Waals surface area contributed by atoms with E-state index >= 15 is 0 Å². The van der Waals surface area contributed by atoms with Crippen LogP contribution in [0, 0.1) is 5.92 Å². The van der Waals surface area contributed by atoms with Crippen LogP contribution in [0.3, 0.4) is 0 Å². The molecular formula is C13H25O6P. The number of Topliss-reactive ketones (excluding diaryl/α,β-unsaturated/α-hetero) is 1. The molecule has 0 aromatic rings. The van der Waals surface area contributed by atoms with E-state index in [4.69, 9.17) is 9.05 Å². The van der Waals surface area contributed by atoms with Gasteiger partial charge in [0.1, 0.15) is 5.78 Å². The molecule has 0 saturated heterocycles. The summed E-state index contributed by atoms with van der Waals surface area (Å²) in [6, 6.07) is 0. The molecule has 0 fully saturated rings. The summed E-state index contributed by atoms with van der Waals surface area (Å²) in [5.74, 6) is -0.733. The van der Waals surface area contributed by atoms with Gasteiger partial charge in [-0.25, -0.2) is 0 Å². The summed E-state index contributed by atoms with van der Waals surface area (Å²) >= 11 is 0. The molecule has 0 aliphatic heterocycles. The van der Waals surface area contributed by atoms with Gasteiger partial charge in [0.25, 0.3) is 0 Å². The van der Waals surface area contributed by atoms with E-state index in [2.05, 4.69) is 4.74 Å². The second-order valence-electron chi connectivity index (χ2n) is 4.40. The normalized spacial score (nSPS) is 13.0. The van der Waals surface area contributed by atoms with Crippen LogP contribution in [0.25, 0.3) is 0 Å². The highest BCUT2D eigenvalue weighted by molar-refractivity contribution is 7.53. The Hall–Kier alpha value is -0.710. The van der Waals surface area contributed by atoms with Crippen molar-refractivity contribution >= 4 is 19.3 Å². The molecule has 0 bridgehead atoms. The van der Waals surface area contributed by atoms with E-state index in [1.807, 2.05) is 0 Å². The van der Waals surface area contributed by atoms with Crippen LogP contribution in [0.5, 0.6) is 0 Å². The topological polar surface area (TPSA) is 78.9 Å². The summed E-state index contributed by atoms with van der Waals surface area (Å²) in [7, 11) is -1.81. The number of esters is 1. The average molecular weight is 308 g/mol. The lowest BCUT2D eigenvalue weighted by atomic mass is 10.00. The molecule has 0 rings (SSSR count). The van der Waals surface area contributed by atoms with E-state index < -0.39 is 13.6 Å². The Morgan fingerprint density at radius 2 is 1.65 bits per heavy atom.